The molecule has 1 aliphatic carbocycles. The van der Waals surface area contributed by atoms with E-state index in [1.807, 2.05) is 36.4 Å². The highest BCUT2D eigenvalue weighted by Crippen LogP contribution is 2.61. The zero-order valence-corrected chi connectivity index (χ0v) is 25.1. The molecule has 1 saturated heterocycles. The largest absolute Gasteiger partial charge is 0.565 e. The van der Waals surface area contributed by atoms with Gasteiger partial charge in [-0.15, -0.1) is 0 Å². The number of benzene rings is 1. The van der Waals surface area contributed by atoms with Crippen molar-refractivity contribution < 1.29 is 14.3 Å². The fourth-order valence-corrected chi connectivity index (χ4v) is 7.10. The number of nitrogens with one attached hydrogen (secondary N) is 1. The minimum atomic E-state index is -0.854. The number of carbonyl (C=O) groups is 2. The lowest BCUT2D eigenvalue weighted by atomic mass is 9.73. The molecule has 2 fully saturated rings. The molecule has 5 rings (SSSR count). The van der Waals surface area contributed by atoms with Crippen molar-refractivity contribution in [1.29, 1.82) is 0 Å². The lowest BCUT2D eigenvalue weighted by Gasteiger charge is -2.39. The molecule has 3 aromatic rings. The molecular weight excluding hydrogens is 532 g/mol. The SMILES string of the molecule is Cn1nccc1C(=O)[N+]#CC(C(=O)Nc1ccc(N2CCOCC2)nc1)C([SiH3])(c1ccccc1Cl)C1(C)CC1. The highest BCUT2D eigenvalue weighted by Gasteiger charge is 2.61. The van der Waals surface area contributed by atoms with Crippen molar-refractivity contribution in [1.82, 2.24) is 14.8 Å². The molecule has 1 saturated carbocycles. The molecule has 39 heavy (non-hydrogen) atoms. The summed E-state index contributed by atoms with van der Waals surface area (Å²) in [6.45, 7) is 5.05. The van der Waals surface area contributed by atoms with Crippen molar-refractivity contribution in [2.75, 3.05) is 36.5 Å². The molecule has 3 heterocycles. The first kappa shape index (κ1) is 27.1. The van der Waals surface area contributed by atoms with Gasteiger partial charge < -0.3 is 15.0 Å². The van der Waals surface area contributed by atoms with Crippen LogP contribution >= 0.6 is 11.6 Å². The van der Waals surface area contributed by atoms with Crippen LogP contribution in [0.2, 0.25) is 5.02 Å². The molecule has 2 aliphatic rings. The van der Waals surface area contributed by atoms with Gasteiger partial charge in [-0.1, -0.05) is 36.7 Å². The first-order chi connectivity index (χ1) is 18.7. The van der Waals surface area contributed by atoms with Crippen molar-refractivity contribution in [3.8, 4) is 6.07 Å². The lowest BCUT2D eigenvalue weighted by molar-refractivity contribution is -0.119. The number of nitrogens with zero attached hydrogens (tertiary/aromatic N) is 5. The van der Waals surface area contributed by atoms with E-state index in [2.05, 4.69) is 38.1 Å². The van der Waals surface area contributed by atoms with Crippen molar-refractivity contribution >= 4 is 45.2 Å². The zero-order chi connectivity index (χ0) is 27.6. The van der Waals surface area contributed by atoms with E-state index in [0.717, 1.165) is 37.3 Å². The van der Waals surface area contributed by atoms with Crippen LogP contribution in [0.25, 0.3) is 4.85 Å². The molecule has 0 bridgehead atoms. The molecule has 11 heteroatoms. The van der Waals surface area contributed by atoms with Gasteiger partial charge in [-0.3, -0.25) is 9.48 Å². The minimum Gasteiger partial charge on any atom is -0.378 e. The maximum absolute atomic E-state index is 14.0. The van der Waals surface area contributed by atoms with Gasteiger partial charge in [-0.2, -0.15) is 9.89 Å². The Bertz CT molecular complexity index is 1440. The number of aromatic nitrogens is 3. The summed E-state index contributed by atoms with van der Waals surface area (Å²) in [5.41, 5.74) is 1.59. The molecule has 2 atom stereocenters. The third kappa shape index (κ3) is 5.35. The van der Waals surface area contributed by atoms with E-state index in [1.165, 1.54) is 10.9 Å². The summed E-state index contributed by atoms with van der Waals surface area (Å²) in [5.74, 6) is -0.830. The highest BCUT2D eigenvalue weighted by molar-refractivity contribution is 6.33. The Labute approximate surface area is 235 Å². The average molecular weight is 564 g/mol. The van der Waals surface area contributed by atoms with E-state index in [4.69, 9.17) is 16.3 Å². The van der Waals surface area contributed by atoms with Crippen molar-refractivity contribution in [2.45, 2.75) is 24.8 Å². The Balaban J connectivity index is 1.50. The van der Waals surface area contributed by atoms with Gasteiger partial charge in [0.05, 0.1) is 25.1 Å². The Morgan fingerprint density at radius 1 is 1.21 bits per heavy atom. The summed E-state index contributed by atoms with van der Waals surface area (Å²) in [7, 11) is 2.25. The van der Waals surface area contributed by atoms with Crippen LogP contribution in [0.5, 0.6) is 0 Å². The molecule has 1 aliphatic heterocycles. The zero-order valence-electron chi connectivity index (χ0n) is 22.4. The predicted octanol–water partition coefficient (Wildman–Crippen LogP) is 3.09. The number of ether oxygens (including phenoxy) is 1. The number of morpholine rings is 1. The first-order valence-electron chi connectivity index (χ1n) is 13.1. The number of hydrogen-bond acceptors (Lipinski definition) is 6. The topological polar surface area (TPSA) is 93.7 Å². The van der Waals surface area contributed by atoms with Crippen LogP contribution in [0.4, 0.5) is 11.5 Å². The van der Waals surface area contributed by atoms with Crippen LogP contribution in [-0.2, 0) is 21.6 Å². The number of halogens is 1. The first-order valence-corrected chi connectivity index (χ1v) is 14.4. The van der Waals surface area contributed by atoms with E-state index in [0.29, 0.717) is 39.9 Å². The van der Waals surface area contributed by atoms with E-state index in [1.54, 1.807) is 19.3 Å². The van der Waals surface area contributed by atoms with Gasteiger partial charge in [0, 0.05) is 51.5 Å². The monoisotopic (exact) mass is 563 g/mol. The molecular formula is C28H32ClN6O3Si+. The molecule has 1 N–H and O–H groups in total. The number of rotatable bonds is 7. The summed E-state index contributed by atoms with van der Waals surface area (Å²) < 4.78 is 6.88. The Hall–Kier alpha value is -3.52. The van der Waals surface area contributed by atoms with Gasteiger partial charge in [0.2, 0.25) is 5.91 Å². The summed E-state index contributed by atoms with van der Waals surface area (Å²) >= 11 is 6.74. The van der Waals surface area contributed by atoms with E-state index < -0.39 is 16.9 Å². The van der Waals surface area contributed by atoms with Crippen LogP contribution in [0.3, 0.4) is 0 Å². The smallest absolute Gasteiger partial charge is 0.378 e. The maximum atomic E-state index is 14.0. The molecule has 9 nitrogen and oxygen atoms in total. The molecule has 0 radical (unpaired) electrons. The predicted molar refractivity (Wildman–Crippen MR) is 155 cm³/mol. The van der Waals surface area contributed by atoms with Gasteiger partial charge in [0.25, 0.3) is 0 Å². The van der Waals surface area contributed by atoms with E-state index in [9.17, 15) is 9.59 Å². The number of anilines is 2. The normalized spacial score (nSPS) is 18.4. The van der Waals surface area contributed by atoms with Gasteiger partial charge in [-0.05, 0) is 48.1 Å². The van der Waals surface area contributed by atoms with Crippen molar-refractivity contribution in [3.05, 3.63) is 76.0 Å². The number of carbonyl (C=O) groups excluding carboxylic acids is 2. The molecule has 0 spiro atoms. The average Bonchev–Trinajstić information content (AvgIpc) is 3.56. The highest BCUT2D eigenvalue weighted by atomic mass is 35.5. The Kier molecular flexibility index (Phi) is 7.58. The number of aryl methyl sites for hydroxylation is 1. The lowest BCUT2D eigenvalue weighted by Crippen LogP contribution is -2.48. The quantitative estimate of drug-likeness (QED) is 0.444. The summed E-state index contributed by atoms with van der Waals surface area (Å²) in [6.07, 6.45) is 5.07. The van der Waals surface area contributed by atoms with Gasteiger partial charge in [-0.25, -0.2) is 4.98 Å². The third-order valence-corrected chi connectivity index (χ3v) is 10.9. The molecule has 2 unspecified atom stereocenters. The van der Waals surface area contributed by atoms with Crippen LogP contribution in [-0.4, -0.2) is 63.1 Å². The molecule has 2 amide bonds. The number of pyridine rings is 1. The van der Waals surface area contributed by atoms with Crippen LogP contribution in [0.1, 0.15) is 35.8 Å². The second kappa shape index (κ2) is 10.9. The van der Waals surface area contributed by atoms with Crippen molar-refractivity contribution in [3.63, 3.8) is 0 Å². The van der Waals surface area contributed by atoms with Crippen LogP contribution in [0, 0.1) is 17.4 Å². The summed E-state index contributed by atoms with van der Waals surface area (Å²) in [4.78, 5) is 37.8. The van der Waals surface area contributed by atoms with Gasteiger partial charge in [0.15, 0.2) is 11.6 Å². The second-order valence-electron chi connectivity index (χ2n) is 10.6. The standard InChI is InChI=1S/C28H31ClN6O3Si/c1-27(10-11-27)28(39,20-5-3-4-6-22(20)29)21(18-31-26(37)23-9-12-32-34(23)2)25(36)33-19-7-8-24(30-17-19)35-13-15-38-16-14-35/h3-9,12,17,21H,10-11,13-16H2,1-2,39H3/p+1. The molecule has 2 aromatic heterocycles. The fraction of sp³-hybridized carbons (Fsp3) is 0.393. The number of amides is 2. The van der Waals surface area contributed by atoms with Crippen molar-refractivity contribution in [2.24, 2.45) is 18.4 Å². The Morgan fingerprint density at radius 3 is 2.56 bits per heavy atom. The number of hydrogen-bond donors (Lipinski definition) is 1. The minimum absolute atomic E-state index is 0.178. The van der Waals surface area contributed by atoms with E-state index in [-0.39, 0.29) is 11.3 Å². The van der Waals surface area contributed by atoms with Gasteiger partial charge in [0.1, 0.15) is 5.82 Å². The Morgan fingerprint density at radius 2 is 1.95 bits per heavy atom. The van der Waals surface area contributed by atoms with Gasteiger partial charge >= 0.3 is 12.0 Å². The molecule has 202 valence electrons. The van der Waals surface area contributed by atoms with E-state index >= 15 is 0 Å². The molecule has 1 aromatic carbocycles. The second-order valence-corrected chi connectivity index (χ2v) is 12.5. The summed E-state index contributed by atoms with van der Waals surface area (Å²) in [6, 6.07) is 15.9. The fourth-order valence-electron chi connectivity index (χ4n) is 5.29. The third-order valence-electron chi connectivity index (χ3n) is 8.21. The maximum Gasteiger partial charge on any atom is 0.565 e. The van der Waals surface area contributed by atoms with Crippen LogP contribution < -0.4 is 10.2 Å². The summed E-state index contributed by atoms with van der Waals surface area (Å²) in [5, 5.41) is 7.02. The van der Waals surface area contributed by atoms with Crippen LogP contribution in [0.15, 0.2) is 54.9 Å².